The summed E-state index contributed by atoms with van der Waals surface area (Å²) in [6.07, 6.45) is 6.60. The third kappa shape index (κ3) is 5.43. The molecule has 0 aliphatic heterocycles. The van der Waals surface area contributed by atoms with E-state index in [0.717, 1.165) is 44.2 Å². The number of benzene rings is 1. The second-order valence-electron chi connectivity index (χ2n) is 10.4. The number of sulfonamides is 1. The van der Waals surface area contributed by atoms with Gasteiger partial charge in [-0.3, -0.25) is 4.90 Å². The van der Waals surface area contributed by atoms with E-state index >= 15 is 0 Å². The molecule has 1 unspecified atom stereocenters. The Hall–Kier alpha value is -1.60. The number of carbonyl (C=O) groups is 1. The van der Waals surface area contributed by atoms with Crippen LogP contribution in [0.1, 0.15) is 83.1 Å². The van der Waals surface area contributed by atoms with E-state index in [1.807, 2.05) is 0 Å². The van der Waals surface area contributed by atoms with Crippen molar-refractivity contribution in [3.05, 3.63) is 28.3 Å². The van der Waals surface area contributed by atoms with Crippen molar-refractivity contribution >= 4 is 21.7 Å². The minimum atomic E-state index is -3.76. The van der Waals surface area contributed by atoms with Crippen LogP contribution in [0.5, 0.6) is 0 Å². The second kappa shape index (κ2) is 9.10. The second-order valence-corrected chi connectivity index (χ2v) is 12.5. The van der Waals surface area contributed by atoms with E-state index in [2.05, 4.69) is 55.6 Å². The van der Waals surface area contributed by atoms with Gasteiger partial charge in [0.1, 0.15) is 0 Å². The van der Waals surface area contributed by atoms with E-state index < -0.39 is 21.3 Å². The zero-order valence-electron chi connectivity index (χ0n) is 20.0. The van der Waals surface area contributed by atoms with E-state index in [1.165, 1.54) is 22.3 Å². The van der Waals surface area contributed by atoms with Crippen molar-refractivity contribution < 1.29 is 13.2 Å². The van der Waals surface area contributed by atoms with Crippen molar-refractivity contribution in [2.24, 2.45) is 0 Å². The fourth-order valence-electron chi connectivity index (χ4n) is 5.18. The van der Waals surface area contributed by atoms with Crippen LogP contribution in [0.2, 0.25) is 0 Å². The predicted octanol–water partition coefficient (Wildman–Crippen LogP) is 4.40. The monoisotopic (exact) mass is 449 g/mol. The third-order valence-corrected chi connectivity index (χ3v) is 8.50. The Morgan fingerprint density at radius 3 is 2.06 bits per heavy atom. The van der Waals surface area contributed by atoms with Gasteiger partial charge in [0.25, 0.3) is 0 Å². The summed E-state index contributed by atoms with van der Waals surface area (Å²) in [6, 6.07) is 1.97. The molecule has 0 heterocycles. The van der Waals surface area contributed by atoms with Crippen LogP contribution in [0, 0.1) is 0 Å². The first kappa shape index (κ1) is 24.1. The molecule has 2 amide bonds. The van der Waals surface area contributed by atoms with Gasteiger partial charge in [-0.05, 0) is 109 Å². The van der Waals surface area contributed by atoms with E-state index in [1.54, 1.807) is 6.92 Å². The summed E-state index contributed by atoms with van der Waals surface area (Å²) in [4.78, 5) is 15.0. The molecule has 31 heavy (non-hydrogen) atoms. The Bertz CT molecular complexity index is 900. The molecule has 174 valence electrons. The quantitative estimate of drug-likeness (QED) is 0.647. The highest BCUT2D eigenvalue weighted by molar-refractivity contribution is 7.90. The Morgan fingerprint density at radius 1 is 1.03 bits per heavy atom. The number of aryl methyl sites for hydroxylation is 2. The minimum Gasteiger partial charge on any atom is -0.307 e. The number of hydrogen-bond donors (Lipinski definition) is 2. The van der Waals surface area contributed by atoms with Gasteiger partial charge in [0, 0.05) is 23.8 Å². The van der Waals surface area contributed by atoms with Gasteiger partial charge in [0.05, 0.1) is 5.25 Å². The number of amides is 2. The zero-order chi connectivity index (χ0) is 23.0. The van der Waals surface area contributed by atoms with Crippen LogP contribution < -0.4 is 10.0 Å². The zero-order valence-corrected chi connectivity index (χ0v) is 20.8. The van der Waals surface area contributed by atoms with E-state index in [4.69, 9.17) is 0 Å². The van der Waals surface area contributed by atoms with Crippen molar-refractivity contribution in [2.75, 3.05) is 11.9 Å². The highest BCUT2D eigenvalue weighted by Crippen LogP contribution is 2.38. The fraction of sp³-hybridized carbons (Fsp3) is 0.708. The van der Waals surface area contributed by atoms with Crippen LogP contribution in [0.15, 0.2) is 6.07 Å². The molecule has 0 spiro atoms. The van der Waals surface area contributed by atoms with Gasteiger partial charge in [0.2, 0.25) is 10.0 Å². The average molecular weight is 450 g/mol. The Balaban J connectivity index is 1.67. The molecule has 0 radical (unpaired) electrons. The van der Waals surface area contributed by atoms with Gasteiger partial charge in [0.15, 0.2) is 0 Å². The molecular weight excluding hydrogens is 410 g/mol. The molecule has 3 rings (SSSR count). The molecule has 0 fully saturated rings. The Morgan fingerprint density at radius 2 is 1.58 bits per heavy atom. The lowest BCUT2D eigenvalue weighted by atomic mass is 9.99. The largest absolute Gasteiger partial charge is 0.332 e. The van der Waals surface area contributed by atoms with Crippen LogP contribution in [0.4, 0.5) is 10.5 Å². The van der Waals surface area contributed by atoms with Crippen molar-refractivity contribution in [1.82, 2.24) is 9.62 Å². The maximum absolute atomic E-state index is 12.8. The molecule has 0 bridgehead atoms. The first-order valence-electron chi connectivity index (χ1n) is 11.7. The van der Waals surface area contributed by atoms with Crippen molar-refractivity contribution in [2.45, 2.75) is 103 Å². The first-order chi connectivity index (χ1) is 14.4. The number of nitrogens with zero attached hydrogens (tertiary/aromatic N) is 1. The lowest BCUT2D eigenvalue weighted by Crippen LogP contribution is -2.48. The number of anilines is 1. The summed E-state index contributed by atoms with van der Waals surface area (Å²) in [5, 5.41) is 2.26. The number of urea groups is 1. The standard InChI is InChI=1S/C24H39N3O3S/c1-16(2)27(24(4,5)6)14-13-17(3)31(29,30)26-23(28)25-22-20-11-7-9-18(20)15-19-10-8-12-21(19)22/h15-17H,7-14H2,1-6H3,(H2,25,26,28). The van der Waals surface area contributed by atoms with Crippen molar-refractivity contribution in [3.8, 4) is 0 Å². The highest BCUT2D eigenvalue weighted by atomic mass is 32.2. The minimum absolute atomic E-state index is 0.0451. The molecule has 0 aromatic heterocycles. The number of rotatable bonds is 7. The van der Waals surface area contributed by atoms with Crippen LogP contribution in [-0.4, -0.2) is 42.7 Å². The number of carbonyl (C=O) groups excluding carboxylic acids is 1. The number of fused-ring (bicyclic) bond motifs is 2. The number of nitrogens with one attached hydrogen (secondary N) is 2. The topological polar surface area (TPSA) is 78.5 Å². The molecule has 1 atom stereocenters. The summed E-state index contributed by atoms with van der Waals surface area (Å²) in [5.74, 6) is 0. The molecule has 2 N–H and O–H groups in total. The van der Waals surface area contributed by atoms with Gasteiger partial charge in [-0.1, -0.05) is 6.07 Å². The molecule has 1 aromatic carbocycles. The average Bonchev–Trinajstić information content (AvgIpc) is 3.28. The molecule has 6 nitrogen and oxygen atoms in total. The van der Waals surface area contributed by atoms with Crippen LogP contribution >= 0.6 is 0 Å². The predicted molar refractivity (Wildman–Crippen MR) is 127 cm³/mol. The number of hydrogen-bond acceptors (Lipinski definition) is 4. The maximum Gasteiger partial charge on any atom is 0.332 e. The Labute approximate surface area is 188 Å². The fourth-order valence-corrected chi connectivity index (χ4v) is 6.11. The summed E-state index contributed by atoms with van der Waals surface area (Å²) in [6.45, 7) is 13.0. The normalized spacial score (nSPS) is 17.0. The van der Waals surface area contributed by atoms with E-state index in [0.29, 0.717) is 19.0 Å². The molecule has 2 aliphatic rings. The summed E-state index contributed by atoms with van der Waals surface area (Å²) < 4.78 is 28.0. The van der Waals surface area contributed by atoms with Crippen molar-refractivity contribution in [3.63, 3.8) is 0 Å². The van der Waals surface area contributed by atoms with Gasteiger partial charge in [-0.2, -0.15) is 0 Å². The summed E-state index contributed by atoms with van der Waals surface area (Å²) in [7, 11) is -3.76. The Kier molecular flexibility index (Phi) is 7.06. The lowest BCUT2D eigenvalue weighted by Gasteiger charge is -2.39. The summed E-state index contributed by atoms with van der Waals surface area (Å²) in [5.41, 5.74) is 5.82. The lowest BCUT2D eigenvalue weighted by molar-refractivity contribution is 0.0975. The van der Waals surface area contributed by atoms with E-state index in [-0.39, 0.29) is 5.54 Å². The smallest absolute Gasteiger partial charge is 0.307 e. The third-order valence-electron chi connectivity index (χ3n) is 6.74. The molecule has 1 aromatic rings. The van der Waals surface area contributed by atoms with Crippen molar-refractivity contribution in [1.29, 1.82) is 0 Å². The van der Waals surface area contributed by atoms with Crippen LogP contribution in [0.25, 0.3) is 0 Å². The molecule has 0 saturated heterocycles. The van der Waals surface area contributed by atoms with Gasteiger partial charge < -0.3 is 5.32 Å². The molecule has 7 heteroatoms. The molecule has 2 aliphatic carbocycles. The van der Waals surface area contributed by atoms with Crippen LogP contribution in [0.3, 0.4) is 0 Å². The van der Waals surface area contributed by atoms with Gasteiger partial charge in [-0.25, -0.2) is 17.9 Å². The summed E-state index contributed by atoms with van der Waals surface area (Å²) >= 11 is 0. The van der Waals surface area contributed by atoms with Gasteiger partial charge in [-0.15, -0.1) is 0 Å². The van der Waals surface area contributed by atoms with Gasteiger partial charge >= 0.3 is 6.03 Å². The molecule has 0 saturated carbocycles. The maximum atomic E-state index is 12.8. The van der Waals surface area contributed by atoms with E-state index in [9.17, 15) is 13.2 Å². The highest BCUT2D eigenvalue weighted by Gasteiger charge is 2.30. The van der Waals surface area contributed by atoms with Crippen LogP contribution in [-0.2, 0) is 35.7 Å². The first-order valence-corrected chi connectivity index (χ1v) is 13.2. The SMILES string of the molecule is CC(C)N(CCC(C)S(=O)(=O)NC(=O)Nc1c2c(cc3c1CCC3)CCC2)C(C)(C)C. The molecular formula is C24H39N3O3S.